The van der Waals surface area contributed by atoms with Crippen molar-refractivity contribution in [3.63, 3.8) is 0 Å². The molecule has 1 aromatic carbocycles. The summed E-state index contributed by atoms with van der Waals surface area (Å²) in [6.45, 7) is 2.51. The Morgan fingerprint density at radius 3 is 2.89 bits per heavy atom. The van der Waals surface area contributed by atoms with Gasteiger partial charge in [0.2, 0.25) is 0 Å². The number of nitrogens with two attached hydrogens (primary N) is 1. The van der Waals surface area contributed by atoms with Crippen LogP contribution in [0.15, 0.2) is 18.2 Å². The van der Waals surface area contributed by atoms with Crippen molar-refractivity contribution in [3.8, 4) is 0 Å². The van der Waals surface area contributed by atoms with Crippen molar-refractivity contribution in [2.45, 2.75) is 31.5 Å². The number of hydrogen-bond acceptors (Lipinski definition) is 3. The molecule has 1 aliphatic carbocycles. The molecule has 0 bridgehead atoms. The first-order chi connectivity index (χ1) is 9.02. The van der Waals surface area contributed by atoms with E-state index in [-0.39, 0.29) is 24.1 Å². The first-order valence-corrected chi connectivity index (χ1v) is 6.91. The van der Waals surface area contributed by atoms with E-state index in [1.165, 1.54) is 0 Å². The van der Waals surface area contributed by atoms with Gasteiger partial charge < -0.3 is 15.8 Å². The fraction of sp³-hybridized carbons (Fsp3) is 0.462. The highest BCUT2D eigenvalue weighted by Crippen LogP contribution is 2.25. The molecule has 0 heterocycles. The van der Waals surface area contributed by atoms with Crippen LogP contribution in [-0.2, 0) is 4.74 Å². The van der Waals surface area contributed by atoms with E-state index in [0.29, 0.717) is 22.2 Å². The number of carbonyl (C=O) groups excluding carboxylic acids is 1. The van der Waals surface area contributed by atoms with Gasteiger partial charge in [-0.25, -0.2) is 0 Å². The Kier molecular flexibility index (Phi) is 4.68. The fourth-order valence-electron chi connectivity index (χ4n) is 2.13. The van der Waals surface area contributed by atoms with E-state index in [0.717, 1.165) is 6.42 Å². The third-order valence-corrected chi connectivity index (χ3v) is 3.78. The number of rotatable bonds is 4. The van der Waals surface area contributed by atoms with Gasteiger partial charge in [0.05, 0.1) is 22.7 Å². The van der Waals surface area contributed by atoms with Crippen LogP contribution in [0.3, 0.4) is 0 Å². The van der Waals surface area contributed by atoms with Crippen LogP contribution in [0.4, 0.5) is 0 Å². The molecule has 0 saturated heterocycles. The third-order valence-electron chi connectivity index (χ3n) is 3.22. The van der Waals surface area contributed by atoms with Gasteiger partial charge in [-0.15, -0.1) is 0 Å². The van der Waals surface area contributed by atoms with Crippen LogP contribution >= 0.6 is 23.2 Å². The summed E-state index contributed by atoms with van der Waals surface area (Å²) in [4.78, 5) is 12.2. The molecule has 3 N–H and O–H groups in total. The van der Waals surface area contributed by atoms with Gasteiger partial charge in [0.15, 0.2) is 0 Å². The lowest BCUT2D eigenvalue weighted by Gasteiger charge is -2.42. The number of carbonyl (C=O) groups is 1. The molecule has 0 aliphatic heterocycles. The van der Waals surface area contributed by atoms with Gasteiger partial charge in [0.1, 0.15) is 0 Å². The van der Waals surface area contributed by atoms with Crippen molar-refractivity contribution in [2.75, 3.05) is 6.61 Å². The van der Waals surface area contributed by atoms with Gasteiger partial charge in [0, 0.05) is 17.7 Å². The molecular formula is C13H16Cl2N2O2. The Morgan fingerprint density at radius 2 is 2.26 bits per heavy atom. The zero-order chi connectivity index (χ0) is 14.0. The number of hydrogen-bond donors (Lipinski definition) is 2. The summed E-state index contributed by atoms with van der Waals surface area (Å²) in [6.07, 6.45) is 0.726. The van der Waals surface area contributed by atoms with Crippen molar-refractivity contribution in [3.05, 3.63) is 33.8 Å². The molecular weight excluding hydrogens is 287 g/mol. The van der Waals surface area contributed by atoms with Gasteiger partial charge in [-0.05, 0) is 31.5 Å². The summed E-state index contributed by atoms with van der Waals surface area (Å²) in [7, 11) is 0. The number of nitrogens with one attached hydrogen (secondary N) is 1. The highest BCUT2D eigenvalue weighted by atomic mass is 35.5. The number of ether oxygens (including phenoxy) is 1. The van der Waals surface area contributed by atoms with E-state index >= 15 is 0 Å². The largest absolute Gasteiger partial charge is 0.376 e. The predicted octanol–water partition coefficient (Wildman–Crippen LogP) is 2.23. The van der Waals surface area contributed by atoms with Crippen molar-refractivity contribution < 1.29 is 9.53 Å². The minimum Gasteiger partial charge on any atom is -0.376 e. The summed E-state index contributed by atoms with van der Waals surface area (Å²) in [5.74, 6) is -0.280. The topological polar surface area (TPSA) is 64.3 Å². The zero-order valence-corrected chi connectivity index (χ0v) is 12.0. The van der Waals surface area contributed by atoms with Crippen LogP contribution in [0, 0.1) is 0 Å². The second kappa shape index (κ2) is 6.09. The SMILES string of the molecule is CCOC1CC(N)C1NC(=O)c1cc(Cl)ccc1Cl. The molecule has 0 radical (unpaired) electrons. The minimum atomic E-state index is -0.280. The van der Waals surface area contributed by atoms with E-state index in [1.807, 2.05) is 6.92 Å². The molecule has 104 valence electrons. The molecule has 1 aromatic rings. The van der Waals surface area contributed by atoms with Crippen LogP contribution in [0.2, 0.25) is 10.0 Å². The van der Waals surface area contributed by atoms with Gasteiger partial charge in [-0.1, -0.05) is 23.2 Å². The molecule has 6 heteroatoms. The van der Waals surface area contributed by atoms with Crippen molar-refractivity contribution in [2.24, 2.45) is 5.73 Å². The molecule has 1 fully saturated rings. The van der Waals surface area contributed by atoms with Gasteiger partial charge in [-0.3, -0.25) is 4.79 Å². The first kappa shape index (κ1) is 14.6. The fourth-order valence-corrected chi connectivity index (χ4v) is 2.50. The average Bonchev–Trinajstić information content (AvgIpc) is 2.38. The number of halogens is 2. The van der Waals surface area contributed by atoms with E-state index in [4.69, 9.17) is 33.7 Å². The number of benzene rings is 1. The lowest BCUT2D eigenvalue weighted by molar-refractivity contribution is -0.0300. The Bertz CT molecular complexity index is 480. The van der Waals surface area contributed by atoms with E-state index < -0.39 is 0 Å². The Hall–Kier alpha value is -0.810. The first-order valence-electron chi connectivity index (χ1n) is 6.16. The Morgan fingerprint density at radius 1 is 1.53 bits per heavy atom. The number of amides is 1. The predicted molar refractivity (Wildman–Crippen MR) is 75.7 cm³/mol. The minimum absolute atomic E-state index is 0.0260. The summed E-state index contributed by atoms with van der Waals surface area (Å²) in [6, 6.07) is 4.51. The van der Waals surface area contributed by atoms with Crippen LogP contribution in [0.25, 0.3) is 0 Å². The summed E-state index contributed by atoms with van der Waals surface area (Å²) in [5.41, 5.74) is 6.23. The molecule has 0 aromatic heterocycles. The summed E-state index contributed by atoms with van der Waals surface area (Å²) >= 11 is 11.9. The quantitative estimate of drug-likeness (QED) is 0.896. The van der Waals surface area contributed by atoms with E-state index in [1.54, 1.807) is 18.2 Å². The highest BCUT2D eigenvalue weighted by Gasteiger charge is 2.40. The normalized spacial score (nSPS) is 25.8. The third kappa shape index (κ3) is 3.20. The smallest absolute Gasteiger partial charge is 0.253 e. The second-order valence-electron chi connectivity index (χ2n) is 4.52. The molecule has 1 aliphatic rings. The van der Waals surface area contributed by atoms with Crippen LogP contribution in [0.5, 0.6) is 0 Å². The Labute approximate surface area is 122 Å². The standard InChI is InChI=1S/C13H16Cl2N2O2/c1-2-19-11-6-10(16)12(11)17-13(18)8-5-7(14)3-4-9(8)15/h3-5,10-12H,2,6,16H2,1H3,(H,17,18). The van der Waals surface area contributed by atoms with Crippen LogP contribution in [0.1, 0.15) is 23.7 Å². The second-order valence-corrected chi connectivity index (χ2v) is 5.36. The van der Waals surface area contributed by atoms with Crippen molar-refractivity contribution in [1.82, 2.24) is 5.32 Å². The molecule has 3 atom stereocenters. The monoisotopic (exact) mass is 302 g/mol. The molecule has 2 rings (SSSR count). The van der Waals surface area contributed by atoms with E-state index in [9.17, 15) is 4.79 Å². The maximum absolute atomic E-state index is 12.2. The Balaban J connectivity index is 2.06. The molecule has 0 spiro atoms. The summed E-state index contributed by atoms with van der Waals surface area (Å²) < 4.78 is 5.50. The van der Waals surface area contributed by atoms with Gasteiger partial charge in [-0.2, -0.15) is 0 Å². The van der Waals surface area contributed by atoms with Crippen LogP contribution in [-0.4, -0.2) is 30.7 Å². The molecule has 3 unspecified atom stereocenters. The molecule has 1 saturated carbocycles. The summed E-state index contributed by atoms with van der Waals surface area (Å²) in [5, 5.41) is 3.68. The maximum Gasteiger partial charge on any atom is 0.253 e. The highest BCUT2D eigenvalue weighted by molar-refractivity contribution is 6.35. The van der Waals surface area contributed by atoms with Crippen molar-refractivity contribution >= 4 is 29.1 Å². The molecule has 19 heavy (non-hydrogen) atoms. The lowest BCUT2D eigenvalue weighted by atomic mass is 9.83. The maximum atomic E-state index is 12.2. The van der Waals surface area contributed by atoms with Gasteiger partial charge >= 0.3 is 0 Å². The van der Waals surface area contributed by atoms with Crippen molar-refractivity contribution in [1.29, 1.82) is 0 Å². The molecule has 4 nitrogen and oxygen atoms in total. The zero-order valence-electron chi connectivity index (χ0n) is 10.5. The van der Waals surface area contributed by atoms with E-state index in [2.05, 4.69) is 5.32 Å². The molecule has 1 amide bonds. The average molecular weight is 303 g/mol. The van der Waals surface area contributed by atoms with Gasteiger partial charge in [0.25, 0.3) is 5.91 Å². The lowest BCUT2D eigenvalue weighted by Crippen LogP contribution is -2.64. The van der Waals surface area contributed by atoms with Crippen LogP contribution < -0.4 is 11.1 Å².